The van der Waals surface area contributed by atoms with Crippen molar-refractivity contribution in [2.45, 2.75) is 26.3 Å². The Bertz CT molecular complexity index is 665. The van der Waals surface area contributed by atoms with Gasteiger partial charge in [0.05, 0.1) is 25.8 Å². The minimum absolute atomic E-state index is 0.0426. The third-order valence-corrected chi connectivity index (χ3v) is 3.84. The molecule has 0 fully saturated rings. The van der Waals surface area contributed by atoms with Crippen molar-refractivity contribution in [1.82, 2.24) is 5.32 Å². The summed E-state index contributed by atoms with van der Waals surface area (Å²) in [6.45, 7) is 4.10. The highest BCUT2D eigenvalue weighted by molar-refractivity contribution is 5.97. The van der Waals surface area contributed by atoms with E-state index >= 15 is 0 Å². The summed E-state index contributed by atoms with van der Waals surface area (Å²) < 4.78 is 10.5. The first kappa shape index (κ1) is 16.9. The molecule has 2 rings (SSSR count). The first-order chi connectivity index (χ1) is 11.1. The monoisotopic (exact) mass is 313 g/mol. The van der Waals surface area contributed by atoms with Crippen LogP contribution in [-0.2, 0) is 0 Å². The van der Waals surface area contributed by atoms with Crippen LogP contribution in [0.1, 0.15) is 40.9 Å². The number of carbonyl (C=O) groups excluding carboxylic acids is 1. The molecule has 0 aliphatic rings. The van der Waals surface area contributed by atoms with Gasteiger partial charge in [-0.05, 0) is 37.1 Å². The van der Waals surface area contributed by atoms with Gasteiger partial charge in [0.25, 0.3) is 5.91 Å². The van der Waals surface area contributed by atoms with E-state index in [2.05, 4.69) is 17.4 Å². The van der Waals surface area contributed by atoms with Crippen LogP contribution in [0, 0.1) is 6.92 Å². The van der Waals surface area contributed by atoms with Crippen LogP contribution in [0.5, 0.6) is 11.5 Å². The molecule has 4 heteroatoms. The molecule has 122 valence electrons. The van der Waals surface area contributed by atoms with Gasteiger partial charge in [-0.1, -0.05) is 36.8 Å². The van der Waals surface area contributed by atoms with E-state index in [4.69, 9.17) is 9.47 Å². The minimum Gasteiger partial charge on any atom is -0.497 e. The second-order valence-electron chi connectivity index (χ2n) is 5.41. The summed E-state index contributed by atoms with van der Waals surface area (Å²) in [5, 5.41) is 3.07. The van der Waals surface area contributed by atoms with Crippen LogP contribution >= 0.6 is 0 Å². The van der Waals surface area contributed by atoms with Gasteiger partial charge in [-0.3, -0.25) is 4.79 Å². The third kappa shape index (κ3) is 4.03. The summed E-state index contributed by atoms with van der Waals surface area (Å²) in [7, 11) is 3.13. The van der Waals surface area contributed by atoms with Gasteiger partial charge < -0.3 is 14.8 Å². The lowest BCUT2D eigenvalue weighted by molar-refractivity contribution is 0.0932. The van der Waals surface area contributed by atoms with Crippen LogP contribution < -0.4 is 14.8 Å². The number of rotatable bonds is 6. The quantitative estimate of drug-likeness (QED) is 0.880. The van der Waals surface area contributed by atoms with Crippen molar-refractivity contribution < 1.29 is 14.3 Å². The number of ether oxygens (including phenoxy) is 2. The van der Waals surface area contributed by atoms with Crippen molar-refractivity contribution in [1.29, 1.82) is 0 Å². The van der Waals surface area contributed by atoms with Crippen LogP contribution in [0.2, 0.25) is 0 Å². The Morgan fingerprint density at radius 2 is 1.78 bits per heavy atom. The molecule has 0 saturated heterocycles. The number of methoxy groups -OCH3 is 2. The van der Waals surface area contributed by atoms with E-state index in [1.807, 2.05) is 26.0 Å². The van der Waals surface area contributed by atoms with Crippen molar-refractivity contribution in [2.24, 2.45) is 0 Å². The molecule has 2 aromatic rings. The average Bonchev–Trinajstić information content (AvgIpc) is 2.59. The first-order valence-corrected chi connectivity index (χ1v) is 7.68. The summed E-state index contributed by atoms with van der Waals surface area (Å²) in [5.41, 5.74) is 2.76. The molecule has 0 aliphatic carbocycles. The van der Waals surface area contributed by atoms with Crippen molar-refractivity contribution >= 4 is 5.91 Å². The Balaban J connectivity index is 2.24. The SMILES string of the molecule is CCC(NC(=O)c1cc(OC)ccc1OC)c1ccc(C)cc1. The molecule has 0 saturated carbocycles. The van der Waals surface area contributed by atoms with Gasteiger partial charge in [0.15, 0.2) is 0 Å². The highest BCUT2D eigenvalue weighted by Crippen LogP contribution is 2.25. The molecule has 2 aromatic carbocycles. The fourth-order valence-corrected chi connectivity index (χ4v) is 2.45. The number of hydrogen-bond acceptors (Lipinski definition) is 3. The summed E-state index contributed by atoms with van der Waals surface area (Å²) in [4.78, 5) is 12.7. The highest BCUT2D eigenvalue weighted by atomic mass is 16.5. The average molecular weight is 313 g/mol. The predicted molar refractivity (Wildman–Crippen MR) is 91.2 cm³/mol. The summed E-state index contributed by atoms with van der Waals surface area (Å²) in [5.74, 6) is 0.981. The number of nitrogens with one attached hydrogen (secondary N) is 1. The Morgan fingerprint density at radius 1 is 1.09 bits per heavy atom. The molecule has 1 amide bonds. The molecular formula is C19H23NO3. The fraction of sp³-hybridized carbons (Fsp3) is 0.316. The number of aryl methyl sites for hydroxylation is 1. The van der Waals surface area contributed by atoms with Crippen LogP contribution in [0.25, 0.3) is 0 Å². The second-order valence-corrected chi connectivity index (χ2v) is 5.41. The summed E-state index contributed by atoms with van der Waals surface area (Å²) in [6, 6.07) is 13.4. The van der Waals surface area contributed by atoms with Crippen LogP contribution in [0.4, 0.5) is 0 Å². The Morgan fingerprint density at radius 3 is 2.35 bits per heavy atom. The van der Waals surface area contributed by atoms with Crippen molar-refractivity contribution in [3.8, 4) is 11.5 Å². The van der Waals surface area contributed by atoms with Gasteiger partial charge in [-0.25, -0.2) is 0 Å². The molecule has 0 bridgehead atoms. The largest absolute Gasteiger partial charge is 0.497 e. The van der Waals surface area contributed by atoms with Crippen molar-refractivity contribution in [3.05, 3.63) is 59.2 Å². The minimum atomic E-state index is -0.173. The maximum absolute atomic E-state index is 12.7. The third-order valence-electron chi connectivity index (χ3n) is 3.84. The molecule has 0 heterocycles. The molecule has 0 radical (unpaired) electrons. The van der Waals surface area contributed by atoms with Crippen LogP contribution in [0.3, 0.4) is 0 Å². The Labute approximate surface area is 137 Å². The number of benzene rings is 2. The zero-order chi connectivity index (χ0) is 16.8. The van der Waals surface area contributed by atoms with Crippen LogP contribution in [0.15, 0.2) is 42.5 Å². The lowest BCUT2D eigenvalue weighted by atomic mass is 10.0. The summed E-state index contributed by atoms with van der Waals surface area (Å²) in [6.07, 6.45) is 0.807. The zero-order valence-electron chi connectivity index (χ0n) is 14.1. The molecule has 1 atom stereocenters. The van der Waals surface area contributed by atoms with Gasteiger partial charge >= 0.3 is 0 Å². The van der Waals surface area contributed by atoms with Gasteiger partial charge in [0.2, 0.25) is 0 Å². The number of carbonyl (C=O) groups is 1. The molecule has 1 unspecified atom stereocenters. The lowest BCUT2D eigenvalue weighted by Gasteiger charge is -2.19. The first-order valence-electron chi connectivity index (χ1n) is 7.68. The highest BCUT2D eigenvalue weighted by Gasteiger charge is 2.18. The van der Waals surface area contributed by atoms with E-state index in [0.29, 0.717) is 17.1 Å². The van der Waals surface area contributed by atoms with Gasteiger partial charge in [0.1, 0.15) is 11.5 Å². The normalized spacial score (nSPS) is 11.7. The van der Waals surface area contributed by atoms with Crippen molar-refractivity contribution in [3.63, 3.8) is 0 Å². The molecule has 4 nitrogen and oxygen atoms in total. The Hall–Kier alpha value is -2.49. The molecule has 1 N–H and O–H groups in total. The second kappa shape index (κ2) is 7.68. The van der Waals surface area contributed by atoms with Gasteiger partial charge in [0, 0.05) is 0 Å². The topological polar surface area (TPSA) is 47.6 Å². The van der Waals surface area contributed by atoms with Crippen LogP contribution in [-0.4, -0.2) is 20.1 Å². The number of hydrogen-bond donors (Lipinski definition) is 1. The molecule has 0 spiro atoms. The van der Waals surface area contributed by atoms with E-state index < -0.39 is 0 Å². The zero-order valence-corrected chi connectivity index (χ0v) is 14.1. The molecule has 23 heavy (non-hydrogen) atoms. The molecule has 0 aliphatic heterocycles. The van der Waals surface area contributed by atoms with Gasteiger partial charge in [-0.2, -0.15) is 0 Å². The number of amides is 1. The molecular weight excluding hydrogens is 290 g/mol. The predicted octanol–water partition coefficient (Wildman–Crippen LogP) is 3.89. The van der Waals surface area contributed by atoms with Gasteiger partial charge in [-0.15, -0.1) is 0 Å². The fourth-order valence-electron chi connectivity index (χ4n) is 2.45. The van der Waals surface area contributed by atoms with Crippen molar-refractivity contribution in [2.75, 3.05) is 14.2 Å². The summed E-state index contributed by atoms with van der Waals surface area (Å²) >= 11 is 0. The van der Waals surface area contributed by atoms with E-state index in [0.717, 1.165) is 12.0 Å². The van der Waals surface area contributed by atoms with E-state index in [9.17, 15) is 4.79 Å². The molecule has 0 aromatic heterocycles. The maximum Gasteiger partial charge on any atom is 0.255 e. The standard InChI is InChI=1S/C19H23NO3/c1-5-17(14-8-6-13(2)7-9-14)20-19(21)16-12-15(22-3)10-11-18(16)23-4/h6-12,17H,5H2,1-4H3,(H,20,21). The Kier molecular flexibility index (Phi) is 5.63. The maximum atomic E-state index is 12.7. The lowest BCUT2D eigenvalue weighted by Crippen LogP contribution is -2.28. The van der Waals surface area contributed by atoms with E-state index in [1.165, 1.54) is 5.56 Å². The van der Waals surface area contributed by atoms with E-state index in [1.54, 1.807) is 32.4 Å². The van der Waals surface area contributed by atoms with E-state index in [-0.39, 0.29) is 11.9 Å². The smallest absolute Gasteiger partial charge is 0.255 e.